The van der Waals surface area contributed by atoms with Crippen LogP contribution < -0.4 is 5.32 Å². The first kappa shape index (κ1) is 26.9. The number of amides is 1. The van der Waals surface area contributed by atoms with Gasteiger partial charge in [-0.2, -0.15) is 0 Å². The van der Waals surface area contributed by atoms with E-state index in [0.29, 0.717) is 5.02 Å². The van der Waals surface area contributed by atoms with E-state index in [4.69, 9.17) is 31.4 Å². The van der Waals surface area contributed by atoms with Gasteiger partial charge in [0, 0.05) is 17.1 Å². The van der Waals surface area contributed by atoms with E-state index in [-0.39, 0.29) is 5.91 Å². The van der Waals surface area contributed by atoms with Crippen LogP contribution in [0, 0.1) is 13.8 Å². The number of hydrogen-bond acceptors (Lipinski definition) is 4. The van der Waals surface area contributed by atoms with Crippen molar-refractivity contribution in [1.29, 1.82) is 0 Å². The average molecular weight is 561 g/mol. The number of carboxylic acid groups (broad SMARTS) is 2. The molecule has 2 rings (SSSR count). The lowest BCUT2D eigenvalue weighted by atomic mass is 10.0. The summed E-state index contributed by atoms with van der Waals surface area (Å²) in [5, 5.41) is 18.7. The summed E-state index contributed by atoms with van der Waals surface area (Å²) in [4.78, 5) is 33.3. The number of nitrogens with zero attached hydrogens (tertiary/aromatic N) is 1. The number of carbonyl (C=O) groups is 3. The zero-order valence-electron chi connectivity index (χ0n) is 17.8. The van der Waals surface area contributed by atoms with E-state index < -0.39 is 15.5 Å². The summed E-state index contributed by atoms with van der Waals surface area (Å²) in [6.07, 6.45) is 0.790. The van der Waals surface area contributed by atoms with Crippen LogP contribution in [0.25, 0.3) is 0 Å². The maximum absolute atomic E-state index is 13.0. The van der Waals surface area contributed by atoms with Gasteiger partial charge in [-0.05, 0) is 86.3 Å². The van der Waals surface area contributed by atoms with Crippen LogP contribution in [0.1, 0.15) is 33.5 Å². The molecule has 0 spiro atoms. The topological polar surface area (TPSA) is 107 Å². The van der Waals surface area contributed by atoms with Gasteiger partial charge in [0.25, 0.3) is 5.91 Å². The van der Waals surface area contributed by atoms with Gasteiger partial charge in [0.15, 0.2) is 0 Å². The Morgan fingerprint density at radius 1 is 1.03 bits per heavy atom. The fraction of sp³-hybridized carbons (Fsp3) is 0.318. The van der Waals surface area contributed by atoms with Crippen molar-refractivity contribution < 1.29 is 24.6 Å². The summed E-state index contributed by atoms with van der Waals surface area (Å²) in [5.74, 6) is -3.70. The Labute approximate surface area is 200 Å². The number of nitrogens with one attached hydrogen (secondary N) is 1. The molecule has 1 amide bonds. The van der Waals surface area contributed by atoms with E-state index in [2.05, 4.69) is 32.8 Å². The highest BCUT2D eigenvalue weighted by molar-refractivity contribution is 14.1. The first-order valence-electron chi connectivity index (χ1n) is 9.31. The molecule has 0 fully saturated rings. The maximum atomic E-state index is 13.0. The number of benzene rings is 2. The minimum Gasteiger partial charge on any atom is -0.473 e. The molecule has 0 radical (unpaired) electrons. The molecular weight excluding hydrogens is 535 g/mol. The Morgan fingerprint density at radius 2 is 1.58 bits per heavy atom. The van der Waals surface area contributed by atoms with Gasteiger partial charge in [0.1, 0.15) is 3.55 Å². The molecule has 0 bridgehead atoms. The highest BCUT2D eigenvalue weighted by Gasteiger charge is 2.31. The number of alkyl halides is 1. The van der Waals surface area contributed by atoms with E-state index in [9.17, 15) is 4.79 Å². The Hall–Kier alpha value is -2.17. The minimum absolute atomic E-state index is 0.0516. The molecule has 0 aliphatic rings. The standard InChI is InChI=1S/C20H24ClIN2O.C2H2O4/c1-14-5-6-15(2)18(13-14)19(25)23-20(22,11-12-24(3)4)16-7-9-17(21)10-8-16;3-1(4)2(5)6/h5-10,13H,11-12H2,1-4H3,(H,23,25);(H,3,4)(H,5,6). The number of halogens is 2. The summed E-state index contributed by atoms with van der Waals surface area (Å²) >= 11 is 8.38. The van der Waals surface area contributed by atoms with E-state index in [1.807, 2.05) is 70.4 Å². The molecule has 0 saturated heterocycles. The summed E-state index contributed by atoms with van der Waals surface area (Å²) in [6.45, 7) is 4.82. The minimum atomic E-state index is -1.82. The molecule has 31 heavy (non-hydrogen) atoms. The predicted octanol–water partition coefficient (Wildman–Crippen LogP) is 4.08. The van der Waals surface area contributed by atoms with Gasteiger partial charge in [-0.25, -0.2) is 9.59 Å². The summed E-state index contributed by atoms with van der Waals surface area (Å²) in [6, 6.07) is 13.6. The molecular formula is C22H26ClIN2O5. The maximum Gasteiger partial charge on any atom is 0.414 e. The van der Waals surface area contributed by atoms with Crippen LogP contribution in [0.2, 0.25) is 5.02 Å². The molecule has 1 unspecified atom stereocenters. The zero-order chi connectivity index (χ0) is 23.8. The molecule has 3 N–H and O–H groups in total. The first-order chi connectivity index (χ1) is 14.4. The smallest absolute Gasteiger partial charge is 0.414 e. The molecule has 7 nitrogen and oxygen atoms in total. The summed E-state index contributed by atoms with van der Waals surface area (Å²) in [7, 11) is 4.07. The van der Waals surface area contributed by atoms with Crippen LogP contribution in [-0.4, -0.2) is 53.6 Å². The number of carboxylic acids is 2. The van der Waals surface area contributed by atoms with E-state index in [0.717, 1.165) is 35.2 Å². The van der Waals surface area contributed by atoms with E-state index in [1.165, 1.54) is 0 Å². The molecule has 1 atom stereocenters. The molecule has 0 saturated carbocycles. The van der Waals surface area contributed by atoms with Crippen molar-refractivity contribution in [3.63, 3.8) is 0 Å². The second kappa shape index (κ2) is 12.0. The lowest BCUT2D eigenvalue weighted by Gasteiger charge is -2.31. The number of rotatable bonds is 6. The lowest BCUT2D eigenvalue weighted by Crippen LogP contribution is -2.43. The molecule has 0 aliphatic heterocycles. The second-order valence-electron chi connectivity index (χ2n) is 7.24. The molecule has 9 heteroatoms. The lowest BCUT2D eigenvalue weighted by molar-refractivity contribution is -0.159. The number of aliphatic carboxylic acids is 2. The largest absolute Gasteiger partial charge is 0.473 e. The van der Waals surface area contributed by atoms with Gasteiger partial charge in [-0.15, -0.1) is 0 Å². The SMILES string of the molecule is Cc1ccc(C)c(C(=O)NC(I)(CCN(C)C)c2ccc(Cl)cc2)c1.O=C(O)C(=O)O. The van der Waals surface area contributed by atoms with Gasteiger partial charge in [0.2, 0.25) is 0 Å². The number of hydrogen-bond donors (Lipinski definition) is 3. The number of carbonyl (C=O) groups excluding carboxylic acids is 1. The quantitative estimate of drug-likeness (QED) is 0.213. The molecule has 0 aliphatic carbocycles. The number of aryl methyl sites for hydroxylation is 2. The normalized spacial score (nSPS) is 12.4. The fourth-order valence-electron chi connectivity index (χ4n) is 2.60. The van der Waals surface area contributed by atoms with Gasteiger partial charge in [-0.3, -0.25) is 4.79 Å². The molecule has 2 aromatic carbocycles. The summed E-state index contributed by atoms with van der Waals surface area (Å²) < 4.78 is -0.500. The van der Waals surface area contributed by atoms with Crippen LogP contribution in [-0.2, 0) is 13.1 Å². The third-order valence-corrected chi connectivity index (χ3v) is 6.02. The third kappa shape index (κ3) is 8.84. The van der Waals surface area contributed by atoms with E-state index in [1.54, 1.807) is 0 Å². The zero-order valence-corrected chi connectivity index (χ0v) is 20.7. The van der Waals surface area contributed by atoms with Crippen molar-refractivity contribution in [1.82, 2.24) is 10.2 Å². The highest BCUT2D eigenvalue weighted by Crippen LogP contribution is 2.34. The van der Waals surface area contributed by atoms with Gasteiger partial charge < -0.3 is 20.4 Å². The van der Waals surface area contributed by atoms with Crippen molar-refractivity contribution in [3.05, 3.63) is 69.7 Å². The Morgan fingerprint density at radius 3 is 2.06 bits per heavy atom. The van der Waals surface area contributed by atoms with Crippen LogP contribution in [0.3, 0.4) is 0 Å². The molecule has 2 aromatic rings. The van der Waals surface area contributed by atoms with Gasteiger partial charge in [0.05, 0.1) is 0 Å². The predicted molar refractivity (Wildman–Crippen MR) is 129 cm³/mol. The van der Waals surface area contributed by atoms with Crippen molar-refractivity contribution in [3.8, 4) is 0 Å². The van der Waals surface area contributed by atoms with Crippen LogP contribution in [0.15, 0.2) is 42.5 Å². The Kier molecular flexibility index (Phi) is 10.4. The molecule has 0 heterocycles. The van der Waals surface area contributed by atoms with Crippen LogP contribution >= 0.6 is 34.2 Å². The van der Waals surface area contributed by atoms with Gasteiger partial charge in [-0.1, -0.05) is 41.4 Å². The fourth-order valence-corrected chi connectivity index (χ4v) is 3.57. The summed E-state index contributed by atoms with van der Waals surface area (Å²) in [5.41, 5.74) is 3.82. The van der Waals surface area contributed by atoms with Crippen LogP contribution in [0.5, 0.6) is 0 Å². The monoisotopic (exact) mass is 560 g/mol. The Balaban J connectivity index is 0.000000703. The van der Waals surface area contributed by atoms with Gasteiger partial charge >= 0.3 is 11.9 Å². The Bertz CT molecular complexity index is 922. The molecule has 0 aromatic heterocycles. The van der Waals surface area contributed by atoms with Crippen molar-refractivity contribution in [2.75, 3.05) is 20.6 Å². The third-order valence-electron chi connectivity index (χ3n) is 4.34. The van der Waals surface area contributed by atoms with E-state index >= 15 is 0 Å². The molecule has 168 valence electrons. The van der Waals surface area contributed by atoms with Crippen molar-refractivity contribution in [2.24, 2.45) is 0 Å². The van der Waals surface area contributed by atoms with Crippen molar-refractivity contribution >= 4 is 52.0 Å². The first-order valence-corrected chi connectivity index (χ1v) is 10.8. The highest BCUT2D eigenvalue weighted by atomic mass is 127. The second-order valence-corrected chi connectivity index (χ2v) is 9.52. The van der Waals surface area contributed by atoms with Crippen LogP contribution in [0.4, 0.5) is 0 Å². The average Bonchev–Trinajstić information content (AvgIpc) is 2.69. The van der Waals surface area contributed by atoms with Crippen molar-refractivity contribution in [2.45, 2.75) is 23.8 Å².